The number of halogens is 3. The summed E-state index contributed by atoms with van der Waals surface area (Å²) in [5.74, 6) is -1.43. The molecule has 2 aromatic rings. The van der Waals surface area contributed by atoms with Crippen molar-refractivity contribution in [2.45, 2.75) is 38.4 Å². The van der Waals surface area contributed by atoms with Crippen LogP contribution in [0.5, 0.6) is 5.75 Å². The van der Waals surface area contributed by atoms with Gasteiger partial charge in [0.05, 0.1) is 6.61 Å². The Kier molecular flexibility index (Phi) is 8.88. The topological polar surface area (TPSA) is 92.9 Å². The molecule has 1 aromatic heterocycles. The molecule has 6 nitrogen and oxygen atoms in total. The molecular formula is C21H25F3N2O4S. The van der Waals surface area contributed by atoms with Gasteiger partial charge in [-0.3, -0.25) is 4.79 Å². The summed E-state index contributed by atoms with van der Waals surface area (Å²) in [5.41, 5.74) is 8.26. The molecule has 0 saturated carbocycles. The van der Waals surface area contributed by atoms with Gasteiger partial charge in [-0.15, -0.1) is 11.3 Å². The summed E-state index contributed by atoms with van der Waals surface area (Å²) in [7, 11) is 0. The maximum atomic E-state index is 12.7. The highest BCUT2D eigenvalue weighted by atomic mass is 32.1. The Bertz CT molecular complexity index is 878. The largest absolute Gasteiger partial charge is 0.492 e. The first kappa shape index (κ1) is 24.7. The van der Waals surface area contributed by atoms with Crippen LogP contribution in [0.25, 0.3) is 0 Å². The van der Waals surface area contributed by atoms with Crippen LogP contribution in [0.4, 0.5) is 13.2 Å². The summed E-state index contributed by atoms with van der Waals surface area (Å²) in [6.45, 7) is 4.67. The highest BCUT2D eigenvalue weighted by molar-refractivity contribution is 7.12. The van der Waals surface area contributed by atoms with E-state index in [4.69, 9.17) is 20.4 Å². The van der Waals surface area contributed by atoms with Gasteiger partial charge in [-0.05, 0) is 48.3 Å². The molecule has 1 aromatic carbocycles. The Hall–Kier alpha value is -2.59. The monoisotopic (exact) mass is 458 g/mol. The SMILES string of the molecule is CCOc1ccsc1C(=O)N1CCC(c2cccc(CN)c2)CC1.O=C(O)C(F)(F)F. The number of piperidine rings is 1. The highest BCUT2D eigenvalue weighted by Gasteiger charge is 2.38. The van der Waals surface area contributed by atoms with Crippen LogP contribution in [0.2, 0.25) is 0 Å². The van der Waals surface area contributed by atoms with Crippen LogP contribution in [-0.4, -0.2) is 47.8 Å². The van der Waals surface area contributed by atoms with Gasteiger partial charge in [-0.25, -0.2) is 4.79 Å². The van der Waals surface area contributed by atoms with E-state index < -0.39 is 12.1 Å². The van der Waals surface area contributed by atoms with Crippen LogP contribution in [0, 0.1) is 0 Å². The van der Waals surface area contributed by atoms with Gasteiger partial charge in [-0.2, -0.15) is 13.2 Å². The van der Waals surface area contributed by atoms with Crippen molar-refractivity contribution in [3.63, 3.8) is 0 Å². The summed E-state index contributed by atoms with van der Waals surface area (Å²) in [6.07, 6.45) is -3.09. The number of nitrogens with zero attached hydrogens (tertiary/aromatic N) is 1. The van der Waals surface area contributed by atoms with Crippen LogP contribution >= 0.6 is 11.3 Å². The van der Waals surface area contributed by atoms with E-state index in [1.54, 1.807) is 0 Å². The Balaban J connectivity index is 0.000000423. The van der Waals surface area contributed by atoms with Crippen molar-refractivity contribution in [2.75, 3.05) is 19.7 Å². The molecule has 3 N–H and O–H groups in total. The summed E-state index contributed by atoms with van der Waals surface area (Å²) in [5, 5.41) is 9.04. The molecule has 0 atom stereocenters. The molecule has 1 saturated heterocycles. The maximum absolute atomic E-state index is 12.7. The molecule has 0 unspecified atom stereocenters. The second-order valence-electron chi connectivity index (χ2n) is 6.87. The minimum atomic E-state index is -5.08. The summed E-state index contributed by atoms with van der Waals surface area (Å²) >= 11 is 1.46. The molecule has 0 aliphatic carbocycles. The fraction of sp³-hybridized carbons (Fsp3) is 0.429. The number of carbonyl (C=O) groups is 2. The van der Waals surface area contributed by atoms with E-state index in [1.165, 1.54) is 22.5 Å². The number of carboxylic acids is 1. The average molecular weight is 459 g/mol. The average Bonchev–Trinajstić information content (AvgIpc) is 3.21. The van der Waals surface area contributed by atoms with Gasteiger partial charge in [0.15, 0.2) is 0 Å². The van der Waals surface area contributed by atoms with E-state index in [0.29, 0.717) is 24.8 Å². The molecule has 0 bridgehead atoms. The van der Waals surface area contributed by atoms with Crippen molar-refractivity contribution < 1.29 is 32.6 Å². The Morgan fingerprint density at radius 1 is 1.26 bits per heavy atom. The molecule has 1 aliphatic rings. The van der Waals surface area contributed by atoms with Crippen LogP contribution in [0.15, 0.2) is 35.7 Å². The fourth-order valence-electron chi connectivity index (χ4n) is 3.26. The molecule has 170 valence electrons. The third-order valence-electron chi connectivity index (χ3n) is 4.81. The number of nitrogens with two attached hydrogens (primary N) is 1. The van der Waals surface area contributed by atoms with Gasteiger partial charge in [0.1, 0.15) is 10.6 Å². The molecule has 31 heavy (non-hydrogen) atoms. The van der Waals surface area contributed by atoms with E-state index in [1.807, 2.05) is 23.3 Å². The zero-order valence-electron chi connectivity index (χ0n) is 17.0. The normalized spacial score (nSPS) is 14.5. The molecule has 3 rings (SSSR count). The van der Waals surface area contributed by atoms with Gasteiger partial charge in [-0.1, -0.05) is 24.3 Å². The quantitative estimate of drug-likeness (QED) is 0.699. The number of aliphatic carboxylic acids is 1. The first-order chi connectivity index (χ1) is 14.7. The molecule has 2 heterocycles. The van der Waals surface area contributed by atoms with Crippen molar-refractivity contribution in [1.29, 1.82) is 0 Å². The predicted octanol–water partition coefficient (Wildman–Crippen LogP) is 4.26. The fourth-order valence-corrected chi connectivity index (χ4v) is 4.06. The van der Waals surface area contributed by atoms with Crippen molar-refractivity contribution in [3.8, 4) is 5.75 Å². The van der Waals surface area contributed by atoms with Crippen molar-refractivity contribution in [2.24, 2.45) is 5.73 Å². The van der Waals surface area contributed by atoms with Gasteiger partial charge in [0, 0.05) is 19.6 Å². The van der Waals surface area contributed by atoms with Crippen LogP contribution in [-0.2, 0) is 11.3 Å². The standard InChI is InChI=1S/C19H24N2O2S.C2HF3O2/c1-2-23-17-8-11-24-18(17)19(22)21-9-6-15(7-10-21)16-5-3-4-14(12-16)13-20;3-2(4,5)1(6)7/h3-5,8,11-12,15H,2,6-7,9-10,13,20H2,1H3;(H,6,7). The van der Waals surface area contributed by atoms with Crippen molar-refractivity contribution in [1.82, 2.24) is 4.90 Å². The zero-order chi connectivity index (χ0) is 23.0. The Labute approximate surface area is 182 Å². The van der Waals surface area contributed by atoms with Crippen LogP contribution in [0.3, 0.4) is 0 Å². The number of carbonyl (C=O) groups excluding carboxylic acids is 1. The number of benzene rings is 1. The van der Waals surface area contributed by atoms with Crippen LogP contribution < -0.4 is 10.5 Å². The third kappa shape index (κ3) is 6.96. The lowest BCUT2D eigenvalue weighted by Crippen LogP contribution is -2.37. The lowest BCUT2D eigenvalue weighted by Gasteiger charge is -2.32. The number of thiophene rings is 1. The lowest BCUT2D eigenvalue weighted by atomic mass is 9.88. The summed E-state index contributed by atoms with van der Waals surface area (Å²) < 4.78 is 37.3. The minimum absolute atomic E-state index is 0.0996. The van der Waals surface area contributed by atoms with E-state index >= 15 is 0 Å². The van der Waals surface area contributed by atoms with Crippen molar-refractivity contribution >= 4 is 23.2 Å². The van der Waals surface area contributed by atoms with Gasteiger partial charge in [0.25, 0.3) is 5.91 Å². The highest BCUT2D eigenvalue weighted by Crippen LogP contribution is 2.32. The van der Waals surface area contributed by atoms with E-state index in [2.05, 4.69) is 24.3 Å². The lowest BCUT2D eigenvalue weighted by molar-refractivity contribution is -0.192. The summed E-state index contributed by atoms with van der Waals surface area (Å²) in [6, 6.07) is 10.4. The van der Waals surface area contributed by atoms with Gasteiger partial charge < -0.3 is 20.5 Å². The molecular weight excluding hydrogens is 433 g/mol. The first-order valence-corrected chi connectivity index (χ1v) is 10.6. The number of carboxylic acid groups (broad SMARTS) is 1. The van der Waals surface area contributed by atoms with Gasteiger partial charge >= 0.3 is 12.1 Å². The molecule has 1 amide bonds. The second kappa shape index (κ2) is 11.1. The number of rotatable bonds is 5. The number of alkyl halides is 3. The molecule has 0 spiro atoms. The van der Waals surface area contributed by atoms with Crippen LogP contribution in [0.1, 0.15) is 46.5 Å². The predicted molar refractivity (Wildman–Crippen MR) is 111 cm³/mol. The molecule has 10 heteroatoms. The molecule has 1 aliphatic heterocycles. The number of likely N-dealkylation sites (tertiary alicyclic amines) is 1. The second-order valence-corrected chi connectivity index (χ2v) is 7.78. The number of hydrogen-bond acceptors (Lipinski definition) is 5. The van der Waals surface area contributed by atoms with E-state index in [-0.39, 0.29) is 5.91 Å². The van der Waals surface area contributed by atoms with E-state index in [0.717, 1.165) is 30.8 Å². The number of amides is 1. The first-order valence-electron chi connectivity index (χ1n) is 9.75. The molecule has 1 fully saturated rings. The smallest absolute Gasteiger partial charge is 0.490 e. The third-order valence-corrected chi connectivity index (χ3v) is 5.69. The van der Waals surface area contributed by atoms with Crippen molar-refractivity contribution in [3.05, 3.63) is 51.7 Å². The number of hydrogen-bond donors (Lipinski definition) is 2. The van der Waals surface area contributed by atoms with Gasteiger partial charge in [0.2, 0.25) is 0 Å². The zero-order valence-corrected chi connectivity index (χ0v) is 17.8. The Morgan fingerprint density at radius 3 is 2.45 bits per heavy atom. The number of ether oxygens (including phenoxy) is 1. The molecule has 0 radical (unpaired) electrons. The minimum Gasteiger partial charge on any atom is -0.492 e. The Morgan fingerprint density at radius 2 is 1.90 bits per heavy atom. The maximum Gasteiger partial charge on any atom is 0.490 e. The van der Waals surface area contributed by atoms with E-state index in [9.17, 15) is 18.0 Å². The summed E-state index contributed by atoms with van der Waals surface area (Å²) in [4.78, 5) is 24.3.